The number of hydrogen-bond donors (Lipinski definition) is 4. The van der Waals surface area contributed by atoms with Crippen molar-refractivity contribution in [2.24, 2.45) is 0 Å². The molecule has 0 saturated heterocycles. The maximum absolute atomic E-state index is 13.4. The van der Waals surface area contributed by atoms with Gasteiger partial charge in [-0.1, -0.05) is 18.2 Å². The number of halogens is 1. The van der Waals surface area contributed by atoms with E-state index in [-0.39, 0.29) is 5.82 Å². The van der Waals surface area contributed by atoms with Crippen molar-refractivity contribution in [3.8, 4) is 0 Å². The van der Waals surface area contributed by atoms with Crippen LogP contribution in [0.25, 0.3) is 0 Å². The molecule has 4 N–H and O–H groups in total. The molecule has 0 bridgehead atoms. The van der Waals surface area contributed by atoms with Crippen molar-refractivity contribution in [2.75, 3.05) is 11.9 Å². The fraction of sp³-hybridized carbons (Fsp3) is 0.176. The van der Waals surface area contributed by atoms with Crippen LogP contribution in [-0.2, 0) is 6.42 Å². The third kappa shape index (κ3) is 4.79. The summed E-state index contributed by atoms with van der Waals surface area (Å²) in [5.74, 6) is -0.954. The molecule has 6 nitrogen and oxygen atoms in total. The first-order chi connectivity index (χ1) is 11.5. The van der Waals surface area contributed by atoms with Gasteiger partial charge in [0.05, 0.1) is 0 Å². The molecule has 7 heteroatoms. The predicted molar refractivity (Wildman–Crippen MR) is 87.6 cm³/mol. The molecular formula is C17H18FN3O3. The predicted octanol–water partition coefficient (Wildman–Crippen LogP) is 2.62. The van der Waals surface area contributed by atoms with Crippen LogP contribution in [0.5, 0.6) is 0 Å². The first kappa shape index (κ1) is 17.4. The van der Waals surface area contributed by atoms with Crippen LogP contribution in [0.15, 0.2) is 42.5 Å². The van der Waals surface area contributed by atoms with Crippen LogP contribution in [0.3, 0.4) is 0 Å². The van der Waals surface area contributed by atoms with Crippen molar-refractivity contribution in [1.82, 2.24) is 10.8 Å². The summed E-state index contributed by atoms with van der Waals surface area (Å²) in [6.07, 6.45) is 0.566. The van der Waals surface area contributed by atoms with Crippen molar-refractivity contribution in [3.63, 3.8) is 0 Å². The summed E-state index contributed by atoms with van der Waals surface area (Å²) in [7, 11) is 0. The number of hydroxylamine groups is 1. The minimum absolute atomic E-state index is 0.341. The lowest BCUT2D eigenvalue weighted by Gasteiger charge is -2.09. The minimum Gasteiger partial charge on any atom is -0.338 e. The first-order valence-corrected chi connectivity index (χ1v) is 7.34. The molecule has 0 unspecified atom stereocenters. The van der Waals surface area contributed by atoms with Crippen molar-refractivity contribution in [3.05, 3.63) is 65.0 Å². The Kier molecular flexibility index (Phi) is 5.86. The van der Waals surface area contributed by atoms with Gasteiger partial charge in [-0.3, -0.25) is 10.0 Å². The zero-order valence-corrected chi connectivity index (χ0v) is 13.1. The number of nitrogens with one attached hydrogen (secondary N) is 3. The Morgan fingerprint density at radius 3 is 2.46 bits per heavy atom. The van der Waals surface area contributed by atoms with Gasteiger partial charge in [-0.15, -0.1) is 0 Å². The summed E-state index contributed by atoms with van der Waals surface area (Å²) in [6.45, 7) is 2.03. The number of amides is 3. The first-order valence-electron chi connectivity index (χ1n) is 7.34. The van der Waals surface area contributed by atoms with E-state index < -0.39 is 11.9 Å². The fourth-order valence-corrected chi connectivity index (χ4v) is 2.05. The van der Waals surface area contributed by atoms with Gasteiger partial charge < -0.3 is 10.6 Å². The van der Waals surface area contributed by atoms with Gasteiger partial charge in [-0.05, 0) is 48.7 Å². The van der Waals surface area contributed by atoms with Crippen LogP contribution in [0.1, 0.15) is 21.5 Å². The van der Waals surface area contributed by atoms with Crippen molar-refractivity contribution in [2.45, 2.75) is 13.3 Å². The summed E-state index contributed by atoms with van der Waals surface area (Å²) in [5.41, 5.74) is 3.72. The Bertz CT molecular complexity index is 732. The molecule has 126 valence electrons. The summed E-state index contributed by atoms with van der Waals surface area (Å²) in [5, 5.41) is 13.8. The number of anilines is 1. The topological polar surface area (TPSA) is 90.5 Å². The van der Waals surface area contributed by atoms with E-state index in [4.69, 9.17) is 5.21 Å². The van der Waals surface area contributed by atoms with Crippen LogP contribution < -0.4 is 16.1 Å². The van der Waals surface area contributed by atoms with Gasteiger partial charge in [0.1, 0.15) is 5.82 Å². The van der Waals surface area contributed by atoms with Crippen LogP contribution in [0.4, 0.5) is 14.9 Å². The van der Waals surface area contributed by atoms with Gasteiger partial charge >= 0.3 is 6.03 Å². The van der Waals surface area contributed by atoms with E-state index in [9.17, 15) is 14.0 Å². The molecule has 24 heavy (non-hydrogen) atoms. The second-order valence-electron chi connectivity index (χ2n) is 5.23. The van der Waals surface area contributed by atoms with Crippen LogP contribution in [0, 0.1) is 12.7 Å². The lowest BCUT2D eigenvalue weighted by molar-refractivity contribution is 0.0706. The highest BCUT2D eigenvalue weighted by Gasteiger charge is 2.05. The van der Waals surface area contributed by atoms with E-state index in [0.717, 1.165) is 5.56 Å². The number of aryl methyl sites for hydroxylation is 1. The summed E-state index contributed by atoms with van der Waals surface area (Å²) < 4.78 is 13.4. The average molecular weight is 331 g/mol. The summed E-state index contributed by atoms with van der Waals surface area (Å²) >= 11 is 0. The molecule has 2 aromatic rings. The molecular weight excluding hydrogens is 313 g/mol. The Morgan fingerprint density at radius 2 is 1.83 bits per heavy atom. The maximum atomic E-state index is 13.4. The second kappa shape index (κ2) is 8.07. The van der Waals surface area contributed by atoms with Crippen LogP contribution in [0.2, 0.25) is 0 Å². The molecule has 2 rings (SSSR count). The quantitative estimate of drug-likeness (QED) is 0.501. The Labute approximate surface area is 138 Å². The molecule has 0 spiro atoms. The Morgan fingerprint density at radius 1 is 1.12 bits per heavy atom. The molecule has 0 aliphatic heterocycles. The number of benzene rings is 2. The van der Waals surface area contributed by atoms with Gasteiger partial charge in [0.15, 0.2) is 0 Å². The molecule has 0 saturated carbocycles. The molecule has 2 aromatic carbocycles. The normalized spacial score (nSPS) is 10.1. The summed E-state index contributed by atoms with van der Waals surface area (Å²) in [6, 6.07) is 10.7. The largest absolute Gasteiger partial charge is 0.338 e. The van der Waals surface area contributed by atoms with E-state index in [1.165, 1.54) is 6.07 Å². The van der Waals surface area contributed by atoms with E-state index >= 15 is 0 Å². The molecule has 3 amide bonds. The molecule has 0 aliphatic rings. The Balaban J connectivity index is 1.79. The van der Waals surface area contributed by atoms with Gasteiger partial charge in [0.25, 0.3) is 5.91 Å². The number of carbonyl (C=O) groups is 2. The van der Waals surface area contributed by atoms with E-state index in [1.807, 2.05) is 0 Å². The molecule has 0 aliphatic carbocycles. The van der Waals surface area contributed by atoms with Crippen LogP contribution in [-0.4, -0.2) is 23.7 Å². The Hall–Kier alpha value is -2.93. The lowest BCUT2D eigenvalue weighted by atomic mass is 10.1. The second-order valence-corrected chi connectivity index (χ2v) is 5.23. The molecule has 0 heterocycles. The molecule has 0 radical (unpaired) electrons. The highest BCUT2D eigenvalue weighted by molar-refractivity contribution is 5.93. The van der Waals surface area contributed by atoms with Crippen molar-refractivity contribution in [1.29, 1.82) is 0 Å². The maximum Gasteiger partial charge on any atom is 0.319 e. The van der Waals surface area contributed by atoms with E-state index in [2.05, 4.69) is 10.6 Å². The molecule has 0 aromatic heterocycles. The monoisotopic (exact) mass is 331 g/mol. The smallest absolute Gasteiger partial charge is 0.319 e. The average Bonchev–Trinajstić information content (AvgIpc) is 2.58. The van der Waals surface area contributed by atoms with Crippen molar-refractivity contribution < 1.29 is 19.2 Å². The summed E-state index contributed by atoms with van der Waals surface area (Å²) in [4.78, 5) is 22.9. The number of hydrogen-bond acceptors (Lipinski definition) is 3. The van der Waals surface area contributed by atoms with Crippen LogP contribution >= 0.6 is 0 Å². The van der Waals surface area contributed by atoms with Crippen molar-refractivity contribution >= 4 is 17.6 Å². The van der Waals surface area contributed by atoms with E-state index in [1.54, 1.807) is 48.8 Å². The highest BCUT2D eigenvalue weighted by atomic mass is 19.1. The molecule has 0 fully saturated rings. The fourth-order valence-electron chi connectivity index (χ4n) is 2.05. The number of urea groups is 1. The highest BCUT2D eigenvalue weighted by Crippen LogP contribution is 2.13. The van der Waals surface area contributed by atoms with E-state index in [0.29, 0.717) is 29.8 Å². The van der Waals surface area contributed by atoms with Gasteiger partial charge in [-0.2, -0.15) is 0 Å². The number of rotatable bonds is 5. The third-order valence-corrected chi connectivity index (χ3v) is 3.45. The zero-order valence-electron chi connectivity index (χ0n) is 13.1. The minimum atomic E-state index is -0.579. The standard InChI is InChI=1S/C17H18FN3O3/c1-11-2-7-14(10-15(11)18)20-17(23)19-9-8-12-3-5-13(6-4-12)16(22)21-24/h2-7,10,24H,8-9H2,1H3,(H,21,22)(H2,19,20,23). The lowest BCUT2D eigenvalue weighted by Crippen LogP contribution is -2.30. The van der Waals surface area contributed by atoms with Gasteiger partial charge in [0, 0.05) is 17.8 Å². The third-order valence-electron chi connectivity index (χ3n) is 3.45. The number of carbonyl (C=O) groups excluding carboxylic acids is 2. The zero-order chi connectivity index (χ0) is 17.5. The SMILES string of the molecule is Cc1ccc(NC(=O)NCCc2ccc(C(=O)NO)cc2)cc1F. The van der Waals surface area contributed by atoms with Gasteiger partial charge in [0.2, 0.25) is 0 Å². The molecule has 0 atom stereocenters. The van der Waals surface area contributed by atoms with Gasteiger partial charge in [-0.25, -0.2) is 14.7 Å².